The lowest BCUT2D eigenvalue weighted by Crippen LogP contribution is -2.37. The average molecular weight is 490 g/mol. The molecule has 186 valence electrons. The summed E-state index contributed by atoms with van der Waals surface area (Å²) in [6.07, 6.45) is 1.65. The second kappa shape index (κ2) is 9.21. The van der Waals surface area contributed by atoms with Crippen LogP contribution in [0, 0.1) is 18.3 Å². The molecule has 3 N–H and O–H groups in total. The van der Waals surface area contributed by atoms with Crippen LogP contribution in [0.15, 0.2) is 24.3 Å². The molecule has 36 heavy (non-hydrogen) atoms. The number of nitrogens with zero attached hydrogens (tertiary/aromatic N) is 1. The summed E-state index contributed by atoms with van der Waals surface area (Å²) >= 11 is 0. The minimum Gasteiger partial charge on any atom is -0.481 e. The Kier molecular flexibility index (Phi) is 6.06. The second-order valence-corrected chi connectivity index (χ2v) is 9.22. The van der Waals surface area contributed by atoms with Gasteiger partial charge in [-0.15, -0.1) is 0 Å². The van der Waals surface area contributed by atoms with Crippen molar-refractivity contribution in [1.82, 2.24) is 10.3 Å². The number of aryl methyl sites for hydroxylation is 1. The first-order valence-electron chi connectivity index (χ1n) is 12.0. The number of carboxylic acids is 1. The molecule has 9 nitrogen and oxygen atoms in total. The van der Waals surface area contributed by atoms with E-state index in [9.17, 15) is 20.0 Å². The molecule has 0 radical (unpaired) electrons. The van der Waals surface area contributed by atoms with Gasteiger partial charge in [-0.1, -0.05) is 19.4 Å². The number of aliphatic carboxylic acids is 1. The smallest absolute Gasteiger partial charge is 0.306 e. The minimum atomic E-state index is -0.992. The van der Waals surface area contributed by atoms with E-state index in [0.717, 1.165) is 22.9 Å². The number of hydrogen-bond donors (Lipinski definition) is 3. The zero-order valence-electron chi connectivity index (χ0n) is 20.2. The largest absolute Gasteiger partial charge is 0.481 e. The predicted molar refractivity (Wildman–Crippen MR) is 130 cm³/mol. The number of rotatable bonds is 7. The molecule has 2 aromatic carbocycles. The number of carbonyl (C=O) groups is 2. The highest BCUT2D eigenvalue weighted by molar-refractivity contribution is 6.03. The maximum absolute atomic E-state index is 13.2. The van der Waals surface area contributed by atoms with E-state index in [0.29, 0.717) is 58.8 Å². The van der Waals surface area contributed by atoms with Gasteiger partial charge < -0.3 is 29.6 Å². The molecule has 0 saturated carbocycles. The Labute approximate surface area is 208 Å². The number of benzene rings is 2. The maximum atomic E-state index is 13.2. The van der Waals surface area contributed by atoms with Gasteiger partial charge in [-0.2, -0.15) is 5.26 Å². The van der Waals surface area contributed by atoms with Gasteiger partial charge in [0, 0.05) is 17.5 Å². The molecule has 5 rings (SSSR count). The molecule has 3 aromatic rings. The minimum absolute atomic E-state index is 0.176. The first-order valence-corrected chi connectivity index (χ1v) is 12.0. The zero-order chi connectivity index (χ0) is 25.4. The Bertz CT molecular complexity index is 1420. The Hall–Kier alpha value is -4.03. The van der Waals surface area contributed by atoms with E-state index in [2.05, 4.69) is 16.4 Å². The second-order valence-electron chi connectivity index (χ2n) is 9.22. The summed E-state index contributed by atoms with van der Waals surface area (Å²) in [4.78, 5) is 28.3. The van der Waals surface area contributed by atoms with Crippen LogP contribution in [-0.2, 0) is 28.1 Å². The van der Waals surface area contributed by atoms with Gasteiger partial charge in [0.05, 0.1) is 35.9 Å². The molecule has 2 aliphatic rings. The topological polar surface area (TPSA) is 134 Å². The summed E-state index contributed by atoms with van der Waals surface area (Å²) in [7, 11) is 0. The number of aromatic nitrogens is 1. The fraction of sp³-hybridized carbons (Fsp3) is 0.370. The van der Waals surface area contributed by atoms with Gasteiger partial charge in [0.2, 0.25) is 6.79 Å². The molecule has 0 spiro atoms. The zero-order valence-corrected chi connectivity index (χ0v) is 20.2. The van der Waals surface area contributed by atoms with E-state index in [1.54, 1.807) is 12.1 Å². The third-order valence-electron chi connectivity index (χ3n) is 6.97. The van der Waals surface area contributed by atoms with Crippen molar-refractivity contribution in [1.29, 1.82) is 5.26 Å². The number of fused-ring (bicyclic) bond motifs is 4. The molecule has 1 amide bonds. The monoisotopic (exact) mass is 489 g/mol. The molecular formula is C27H27N3O6. The number of ether oxygens (including phenoxy) is 3. The van der Waals surface area contributed by atoms with Crippen LogP contribution in [0.5, 0.6) is 11.5 Å². The van der Waals surface area contributed by atoms with Crippen molar-refractivity contribution < 1.29 is 28.9 Å². The van der Waals surface area contributed by atoms with Gasteiger partial charge in [-0.25, -0.2) is 0 Å². The number of aromatic amines is 1. The highest BCUT2D eigenvalue weighted by atomic mass is 16.7. The fourth-order valence-electron chi connectivity index (χ4n) is 5.36. The average Bonchev–Trinajstić information content (AvgIpc) is 3.48. The summed E-state index contributed by atoms with van der Waals surface area (Å²) in [6, 6.07) is 9.36. The number of carboxylic acid groups (broad SMARTS) is 1. The van der Waals surface area contributed by atoms with Gasteiger partial charge >= 0.3 is 5.97 Å². The highest BCUT2D eigenvalue weighted by Crippen LogP contribution is 2.44. The van der Waals surface area contributed by atoms with Gasteiger partial charge in [-0.05, 0) is 54.7 Å². The molecule has 0 saturated heterocycles. The van der Waals surface area contributed by atoms with Crippen molar-refractivity contribution in [3.63, 3.8) is 0 Å². The fourth-order valence-corrected chi connectivity index (χ4v) is 5.36. The molecule has 0 bridgehead atoms. The van der Waals surface area contributed by atoms with E-state index in [1.165, 1.54) is 0 Å². The summed E-state index contributed by atoms with van der Waals surface area (Å²) in [5, 5.41) is 23.3. The molecule has 3 heterocycles. The van der Waals surface area contributed by atoms with Crippen molar-refractivity contribution in [3.05, 3.63) is 57.8 Å². The Morgan fingerprint density at radius 2 is 2.06 bits per heavy atom. The van der Waals surface area contributed by atoms with Gasteiger partial charge in [0.15, 0.2) is 11.5 Å². The van der Waals surface area contributed by atoms with Crippen LogP contribution in [-0.4, -0.2) is 35.4 Å². The van der Waals surface area contributed by atoms with Gasteiger partial charge in [0.1, 0.15) is 5.60 Å². The third-order valence-corrected chi connectivity index (χ3v) is 6.97. The first kappa shape index (κ1) is 23.7. The van der Waals surface area contributed by atoms with Crippen LogP contribution >= 0.6 is 0 Å². The maximum Gasteiger partial charge on any atom is 0.306 e. The summed E-state index contributed by atoms with van der Waals surface area (Å²) < 4.78 is 16.8. The molecule has 1 unspecified atom stereocenters. The standard InChI is InChI=1S/C27H27N3O6/c1-3-7-27(11-22(31)32)25-18(6-8-36-27)23-17(12-28)10-19(15(2)24(23)30-25)26(33)29-13-16-4-5-20-21(9-16)35-14-34-20/h4-5,9-10,30H,3,6-8,11,13-14H2,1-2H3,(H,29,33)(H,31,32). The lowest BCUT2D eigenvalue weighted by molar-refractivity contribution is -0.149. The molecule has 0 fully saturated rings. The summed E-state index contributed by atoms with van der Waals surface area (Å²) in [5.41, 5.74) is 3.60. The van der Waals surface area contributed by atoms with Crippen molar-refractivity contribution in [2.75, 3.05) is 13.4 Å². The first-order chi connectivity index (χ1) is 17.4. The molecule has 0 aliphatic carbocycles. The van der Waals surface area contributed by atoms with Crippen molar-refractivity contribution in [2.45, 2.75) is 51.7 Å². The quantitative estimate of drug-likeness (QED) is 0.456. The van der Waals surface area contributed by atoms with Crippen LogP contribution in [0.4, 0.5) is 0 Å². The Balaban J connectivity index is 1.52. The number of nitrogens with one attached hydrogen (secondary N) is 2. The van der Waals surface area contributed by atoms with Crippen LogP contribution in [0.2, 0.25) is 0 Å². The van der Waals surface area contributed by atoms with Gasteiger partial charge in [0.25, 0.3) is 5.91 Å². The predicted octanol–water partition coefficient (Wildman–Crippen LogP) is 4.05. The normalized spacial score (nSPS) is 18.0. The number of amides is 1. The molecule has 1 aromatic heterocycles. The van der Waals surface area contributed by atoms with Gasteiger partial charge in [-0.3, -0.25) is 9.59 Å². The number of carbonyl (C=O) groups excluding carboxylic acids is 1. The Morgan fingerprint density at radius 1 is 1.25 bits per heavy atom. The lowest BCUT2D eigenvalue weighted by atomic mass is 9.84. The molecular weight excluding hydrogens is 462 g/mol. The van der Waals surface area contributed by atoms with Crippen LogP contribution in [0.3, 0.4) is 0 Å². The van der Waals surface area contributed by atoms with Crippen LogP contribution in [0.25, 0.3) is 10.9 Å². The van der Waals surface area contributed by atoms with Crippen molar-refractivity contribution in [3.8, 4) is 17.6 Å². The highest BCUT2D eigenvalue weighted by Gasteiger charge is 2.42. The van der Waals surface area contributed by atoms with E-state index >= 15 is 0 Å². The van der Waals surface area contributed by atoms with E-state index in [1.807, 2.05) is 26.0 Å². The van der Waals surface area contributed by atoms with E-state index in [4.69, 9.17) is 14.2 Å². The molecule has 9 heteroatoms. The van der Waals surface area contributed by atoms with Crippen LogP contribution in [0.1, 0.15) is 64.5 Å². The van der Waals surface area contributed by atoms with Crippen molar-refractivity contribution in [2.24, 2.45) is 0 Å². The van der Waals surface area contributed by atoms with Crippen LogP contribution < -0.4 is 14.8 Å². The lowest BCUT2D eigenvalue weighted by Gasteiger charge is -2.36. The van der Waals surface area contributed by atoms with Crippen molar-refractivity contribution >= 4 is 22.8 Å². The van der Waals surface area contributed by atoms with E-state index in [-0.39, 0.29) is 25.7 Å². The molecule has 2 aliphatic heterocycles. The summed E-state index contributed by atoms with van der Waals surface area (Å²) in [6.45, 7) is 4.65. The number of nitriles is 1. The number of hydrogen-bond acceptors (Lipinski definition) is 6. The third kappa shape index (κ3) is 3.93. The summed E-state index contributed by atoms with van der Waals surface area (Å²) in [5.74, 6) is 0.0579. The number of H-pyrrole nitrogens is 1. The molecule has 1 atom stereocenters. The Morgan fingerprint density at radius 3 is 2.81 bits per heavy atom. The SMILES string of the molecule is CCCC1(CC(=O)O)OCCc2c1[nH]c1c(C)c(C(=O)NCc3ccc4c(c3)OCO4)cc(C#N)c21. The van der Waals surface area contributed by atoms with E-state index < -0.39 is 11.6 Å².